The van der Waals surface area contributed by atoms with E-state index in [0.717, 1.165) is 49.1 Å². The van der Waals surface area contributed by atoms with E-state index in [1.54, 1.807) is 0 Å². The molecule has 9 nitrogen and oxygen atoms in total. The number of carboxylic acid groups (broad SMARTS) is 1. The highest BCUT2D eigenvalue weighted by atomic mass is 35.5. The van der Waals surface area contributed by atoms with Crippen molar-refractivity contribution >= 4 is 40.3 Å². The third-order valence-electron chi connectivity index (χ3n) is 5.81. The van der Waals surface area contributed by atoms with Crippen molar-refractivity contribution in [2.45, 2.75) is 25.8 Å². The number of carbonyl (C=O) groups excluding carboxylic acids is 1. The minimum absolute atomic E-state index is 0.0110. The highest BCUT2D eigenvalue weighted by Crippen LogP contribution is 2.27. The summed E-state index contributed by atoms with van der Waals surface area (Å²) in [4.78, 5) is 31.0. The maximum atomic E-state index is 11.6. The molecule has 3 aromatic rings. The van der Waals surface area contributed by atoms with E-state index in [-0.39, 0.29) is 12.2 Å². The third-order valence-corrected chi connectivity index (χ3v) is 6.05. The Morgan fingerprint density at radius 1 is 1.22 bits per heavy atom. The van der Waals surface area contributed by atoms with Crippen LogP contribution in [0.3, 0.4) is 0 Å². The van der Waals surface area contributed by atoms with Crippen LogP contribution >= 0.6 is 11.6 Å². The highest BCUT2D eigenvalue weighted by Gasteiger charge is 2.23. The number of aromatic nitrogens is 2. The summed E-state index contributed by atoms with van der Waals surface area (Å²) in [5.74, 6) is 0.947. The molecule has 0 saturated carbocycles. The second-order valence-corrected chi connectivity index (χ2v) is 8.41. The molecular formula is C22H24ClN5O4. The zero-order valence-electron chi connectivity index (χ0n) is 17.4. The second-order valence-electron chi connectivity index (χ2n) is 7.97. The molecule has 168 valence electrons. The van der Waals surface area contributed by atoms with Crippen LogP contribution in [0.15, 0.2) is 40.9 Å². The predicted octanol–water partition coefficient (Wildman–Crippen LogP) is 3.76. The molecule has 0 radical (unpaired) electrons. The van der Waals surface area contributed by atoms with E-state index in [4.69, 9.17) is 26.8 Å². The topological polar surface area (TPSA) is 126 Å². The van der Waals surface area contributed by atoms with Gasteiger partial charge in [0.1, 0.15) is 5.82 Å². The lowest BCUT2D eigenvalue weighted by Crippen LogP contribution is -2.36. The van der Waals surface area contributed by atoms with Gasteiger partial charge in [0, 0.05) is 36.1 Å². The molecule has 1 aliphatic heterocycles. The minimum Gasteiger partial charge on any atom is -0.465 e. The summed E-state index contributed by atoms with van der Waals surface area (Å²) < 4.78 is 5.02. The number of carbonyl (C=O) groups is 2. The first-order valence-electron chi connectivity index (χ1n) is 10.4. The summed E-state index contributed by atoms with van der Waals surface area (Å²) >= 11 is 6.05. The van der Waals surface area contributed by atoms with Crippen LogP contribution in [0.1, 0.15) is 35.5 Å². The van der Waals surface area contributed by atoms with Crippen molar-refractivity contribution in [3.05, 3.63) is 52.9 Å². The Kier molecular flexibility index (Phi) is 6.45. The summed E-state index contributed by atoms with van der Waals surface area (Å²) in [5, 5.41) is 14.8. The molecule has 0 bridgehead atoms. The van der Waals surface area contributed by atoms with Crippen LogP contribution in [-0.4, -0.2) is 51.8 Å². The summed E-state index contributed by atoms with van der Waals surface area (Å²) in [6, 6.07) is 11.1. The van der Waals surface area contributed by atoms with E-state index < -0.39 is 12.0 Å². The average molecular weight is 458 g/mol. The monoisotopic (exact) mass is 457 g/mol. The fourth-order valence-electron chi connectivity index (χ4n) is 3.99. The molecule has 2 aromatic heterocycles. The lowest BCUT2D eigenvalue weighted by atomic mass is 9.93. The quantitative estimate of drug-likeness (QED) is 0.553. The number of hydrogen-bond acceptors (Lipinski definition) is 6. The lowest BCUT2D eigenvalue weighted by molar-refractivity contribution is 0.0990. The normalized spacial score (nSPS) is 14.6. The van der Waals surface area contributed by atoms with Crippen LogP contribution in [0.25, 0.3) is 10.9 Å². The van der Waals surface area contributed by atoms with Crippen molar-refractivity contribution in [3.8, 4) is 0 Å². The maximum absolute atomic E-state index is 11.6. The van der Waals surface area contributed by atoms with Crippen LogP contribution < -0.4 is 10.6 Å². The standard InChI is InChI=1S/C22H24ClN5O4/c23-16-2-3-18-15(11-16)1-4-20(25-18)27-8-5-14(6-9-27)7-10-28(22(30)31)13-17-12-19(21(24)29)26-32-17/h1-4,11-12,14H,5-10,13H2,(H2,24,29)(H,30,31). The van der Waals surface area contributed by atoms with E-state index in [1.165, 1.54) is 11.0 Å². The van der Waals surface area contributed by atoms with Gasteiger partial charge in [-0.25, -0.2) is 9.78 Å². The smallest absolute Gasteiger partial charge is 0.407 e. The molecule has 32 heavy (non-hydrogen) atoms. The number of primary amides is 1. The number of rotatable bonds is 7. The van der Waals surface area contributed by atoms with Gasteiger partial charge in [-0.15, -0.1) is 0 Å². The number of halogens is 1. The molecule has 4 rings (SSSR count). The van der Waals surface area contributed by atoms with Gasteiger partial charge in [-0.05, 0) is 55.5 Å². The predicted molar refractivity (Wildman–Crippen MR) is 120 cm³/mol. The van der Waals surface area contributed by atoms with Gasteiger partial charge < -0.3 is 25.2 Å². The Balaban J connectivity index is 1.30. The SMILES string of the molecule is NC(=O)c1cc(CN(CCC2CCN(c3ccc4cc(Cl)ccc4n3)CC2)C(=O)O)on1. The van der Waals surface area contributed by atoms with E-state index >= 15 is 0 Å². The Morgan fingerprint density at radius 2 is 2.00 bits per heavy atom. The van der Waals surface area contributed by atoms with Crippen LogP contribution in [-0.2, 0) is 6.54 Å². The van der Waals surface area contributed by atoms with Crippen molar-refractivity contribution < 1.29 is 19.2 Å². The highest BCUT2D eigenvalue weighted by molar-refractivity contribution is 6.31. The van der Waals surface area contributed by atoms with Gasteiger partial charge in [-0.3, -0.25) is 4.79 Å². The number of nitrogens with zero attached hydrogens (tertiary/aromatic N) is 4. The van der Waals surface area contributed by atoms with Gasteiger partial charge in [-0.2, -0.15) is 0 Å². The van der Waals surface area contributed by atoms with Crippen molar-refractivity contribution in [3.63, 3.8) is 0 Å². The van der Waals surface area contributed by atoms with E-state index in [2.05, 4.69) is 10.1 Å². The molecule has 0 unspecified atom stereocenters. The third kappa shape index (κ3) is 5.11. The van der Waals surface area contributed by atoms with Crippen molar-refractivity contribution in [1.82, 2.24) is 15.0 Å². The van der Waals surface area contributed by atoms with Crippen LogP contribution in [0.5, 0.6) is 0 Å². The van der Waals surface area contributed by atoms with Gasteiger partial charge >= 0.3 is 6.09 Å². The average Bonchev–Trinajstić information content (AvgIpc) is 3.25. The van der Waals surface area contributed by atoms with Crippen molar-refractivity contribution in [2.24, 2.45) is 11.7 Å². The number of nitrogens with two attached hydrogens (primary N) is 1. The minimum atomic E-state index is -1.04. The van der Waals surface area contributed by atoms with Crippen LogP contribution in [0.4, 0.5) is 10.6 Å². The van der Waals surface area contributed by atoms with Crippen molar-refractivity contribution in [2.75, 3.05) is 24.5 Å². The Hall–Kier alpha value is -3.33. The Labute approximate surface area is 189 Å². The maximum Gasteiger partial charge on any atom is 0.407 e. The number of anilines is 1. The van der Waals surface area contributed by atoms with E-state index in [1.807, 2.05) is 30.3 Å². The number of piperidine rings is 1. The van der Waals surface area contributed by atoms with Gasteiger partial charge in [0.2, 0.25) is 0 Å². The molecule has 0 atom stereocenters. The number of pyridine rings is 1. The lowest BCUT2D eigenvalue weighted by Gasteiger charge is -2.33. The first kappa shape index (κ1) is 21.9. The summed E-state index contributed by atoms with van der Waals surface area (Å²) in [6.07, 6.45) is 1.63. The van der Waals surface area contributed by atoms with E-state index in [9.17, 15) is 14.7 Å². The Morgan fingerprint density at radius 3 is 2.69 bits per heavy atom. The molecular weight excluding hydrogens is 434 g/mol. The number of benzene rings is 1. The Bertz CT molecular complexity index is 1130. The zero-order chi connectivity index (χ0) is 22.7. The molecule has 2 amide bonds. The van der Waals surface area contributed by atoms with Gasteiger partial charge in [0.05, 0.1) is 12.1 Å². The zero-order valence-corrected chi connectivity index (χ0v) is 18.2. The summed E-state index contributed by atoms with van der Waals surface area (Å²) in [5.41, 5.74) is 6.06. The molecule has 1 fully saturated rings. The molecule has 0 spiro atoms. The summed E-state index contributed by atoms with van der Waals surface area (Å²) in [6.45, 7) is 2.14. The molecule has 1 saturated heterocycles. The molecule has 3 N–H and O–H groups in total. The fourth-order valence-corrected chi connectivity index (χ4v) is 4.17. The molecule has 0 aliphatic carbocycles. The number of hydrogen-bond donors (Lipinski definition) is 2. The molecule has 1 aromatic carbocycles. The first-order chi connectivity index (χ1) is 15.4. The van der Waals surface area contributed by atoms with Crippen LogP contribution in [0.2, 0.25) is 5.02 Å². The number of fused-ring (bicyclic) bond motifs is 1. The van der Waals surface area contributed by atoms with Crippen molar-refractivity contribution in [1.29, 1.82) is 0 Å². The van der Waals surface area contributed by atoms with Gasteiger partial charge in [0.25, 0.3) is 5.91 Å². The van der Waals surface area contributed by atoms with Crippen LogP contribution in [0, 0.1) is 5.92 Å². The fraction of sp³-hybridized carbons (Fsp3) is 0.364. The summed E-state index contributed by atoms with van der Waals surface area (Å²) in [7, 11) is 0. The number of amides is 2. The first-order valence-corrected chi connectivity index (χ1v) is 10.8. The molecule has 10 heteroatoms. The second kappa shape index (κ2) is 9.44. The molecule has 1 aliphatic rings. The largest absolute Gasteiger partial charge is 0.465 e. The van der Waals surface area contributed by atoms with Gasteiger partial charge in [0.15, 0.2) is 11.5 Å². The molecule has 3 heterocycles. The van der Waals surface area contributed by atoms with Gasteiger partial charge in [-0.1, -0.05) is 16.8 Å². The van der Waals surface area contributed by atoms with E-state index in [0.29, 0.717) is 23.2 Å².